The molecule has 0 spiro atoms. The van der Waals surface area contributed by atoms with Crippen LogP contribution >= 0.6 is 0 Å². The average molecular weight is 283 g/mol. The number of hydrogen-bond donors (Lipinski definition) is 1. The number of unbranched alkanes of at least 4 members (excludes halogenated alkanes) is 1. The fourth-order valence-corrected chi connectivity index (χ4v) is 2.03. The van der Waals surface area contributed by atoms with Gasteiger partial charge in [0.2, 0.25) is 0 Å². The van der Waals surface area contributed by atoms with Crippen LogP contribution in [0.4, 0.5) is 0 Å². The summed E-state index contributed by atoms with van der Waals surface area (Å²) in [5.74, 6) is -1.20. The summed E-state index contributed by atoms with van der Waals surface area (Å²) in [4.78, 5) is 10.8. The molecule has 1 N–H and O–H groups in total. The highest BCUT2D eigenvalue weighted by Crippen LogP contribution is 2.06. The topological polar surface area (TPSA) is 93.1 Å². The van der Waals surface area contributed by atoms with E-state index in [9.17, 15) is 13.2 Å². The van der Waals surface area contributed by atoms with Gasteiger partial charge in [-0.1, -0.05) is 20.3 Å². The predicted molar refractivity (Wildman–Crippen MR) is 64.8 cm³/mol. The van der Waals surface area contributed by atoms with Crippen molar-refractivity contribution in [3.63, 3.8) is 0 Å². The monoisotopic (exact) mass is 283 g/mol. The second-order valence-electron chi connectivity index (χ2n) is 3.64. The molecule has 0 aromatic rings. The third kappa shape index (κ3) is 6.90. The van der Waals surface area contributed by atoms with E-state index in [4.69, 9.17) is 9.84 Å². The Bertz CT molecular complexity index is 329. The summed E-state index contributed by atoms with van der Waals surface area (Å²) in [6.45, 7) is 3.31. The Hall–Kier alpha value is -0.700. The lowest BCUT2D eigenvalue weighted by Gasteiger charge is -2.20. The maximum Gasteiger partial charge on any atom is 0.389 e. The molecule has 0 aromatic heterocycles. The normalized spacial score (nSPS) is 11.8. The van der Waals surface area contributed by atoms with Gasteiger partial charge in [0.1, 0.15) is 13.3 Å². The van der Waals surface area contributed by atoms with Crippen molar-refractivity contribution >= 4 is 16.3 Å². The number of aliphatic hydroxyl groups excluding tert-OH is 1. The minimum absolute atomic E-state index is 0.158. The first kappa shape index (κ1) is 17.3. The van der Waals surface area contributed by atoms with Gasteiger partial charge in [0.25, 0.3) is 0 Å². The van der Waals surface area contributed by atoms with E-state index in [2.05, 4.69) is 4.18 Å². The summed E-state index contributed by atoms with van der Waals surface area (Å²) in [5, 5.41) is 8.48. The smallest absolute Gasteiger partial charge is 0.385 e. The Labute approximate surface area is 108 Å². The molecule has 0 fully saturated rings. The first-order valence-corrected chi connectivity index (χ1v) is 7.25. The molecule has 0 aliphatic carbocycles. The second kappa shape index (κ2) is 9.26. The van der Waals surface area contributed by atoms with E-state index in [1.54, 1.807) is 0 Å². The molecule has 0 aliphatic heterocycles. The number of carbonyl (C=O) groups excluding carboxylic acids is 1. The molecular weight excluding hydrogens is 262 g/mol. The summed E-state index contributed by atoms with van der Waals surface area (Å²) in [5.41, 5.74) is 0. The number of ether oxygens (including phenoxy) is 1. The number of rotatable bonds is 10. The molecule has 0 rings (SSSR count). The second-order valence-corrected chi connectivity index (χ2v) is 5.18. The first-order valence-electron chi connectivity index (χ1n) is 5.88. The maximum atomic E-state index is 11.7. The molecule has 108 valence electrons. The van der Waals surface area contributed by atoms with Crippen LogP contribution in [0.3, 0.4) is 0 Å². The van der Waals surface area contributed by atoms with E-state index in [-0.39, 0.29) is 13.3 Å². The lowest BCUT2D eigenvalue weighted by atomic mass is 10.3. The summed E-state index contributed by atoms with van der Waals surface area (Å²) < 4.78 is 33.7. The van der Waals surface area contributed by atoms with Gasteiger partial charge < -0.3 is 14.0 Å². The molecule has 0 saturated carbocycles. The SMILES string of the molecule is CCCCN(COCCC)S(=O)(=O)OC(=O)CO. The maximum absolute atomic E-state index is 11.7. The van der Waals surface area contributed by atoms with Gasteiger partial charge in [-0.2, -0.15) is 8.42 Å². The highest BCUT2D eigenvalue weighted by Gasteiger charge is 2.26. The summed E-state index contributed by atoms with van der Waals surface area (Å²) >= 11 is 0. The minimum atomic E-state index is -4.19. The largest absolute Gasteiger partial charge is 0.389 e. The Morgan fingerprint density at radius 3 is 2.44 bits per heavy atom. The Morgan fingerprint density at radius 1 is 1.28 bits per heavy atom. The van der Waals surface area contributed by atoms with Crippen molar-refractivity contribution in [3.8, 4) is 0 Å². The molecule has 0 aliphatic rings. The molecule has 18 heavy (non-hydrogen) atoms. The van der Waals surface area contributed by atoms with Crippen LogP contribution in [-0.4, -0.2) is 50.3 Å². The molecule has 0 bridgehead atoms. The van der Waals surface area contributed by atoms with Gasteiger partial charge in [-0.05, 0) is 12.8 Å². The zero-order chi connectivity index (χ0) is 14.0. The predicted octanol–water partition coefficient (Wildman–Crippen LogP) is 0.253. The molecular formula is C10H21NO6S. The van der Waals surface area contributed by atoms with Crippen molar-refractivity contribution in [1.82, 2.24) is 4.31 Å². The van der Waals surface area contributed by atoms with Gasteiger partial charge in [0.05, 0.1) is 0 Å². The third-order valence-corrected chi connectivity index (χ3v) is 3.31. The molecule has 0 saturated heterocycles. The molecule has 0 radical (unpaired) electrons. The van der Waals surface area contributed by atoms with Crippen molar-refractivity contribution in [3.05, 3.63) is 0 Å². The molecule has 0 amide bonds. The van der Waals surface area contributed by atoms with Gasteiger partial charge in [-0.3, -0.25) is 0 Å². The lowest BCUT2D eigenvalue weighted by molar-refractivity contribution is -0.137. The van der Waals surface area contributed by atoms with Gasteiger partial charge >= 0.3 is 16.3 Å². The third-order valence-electron chi connectivity index (χ3n) is 1.99. The quantitative estimate of drug-likeness (QED) is 0.456. The van der Waals surface area contributed by atoms with Gasteiger partial charge in [-0.25, -0.2) is 4.79 Å². The number of aliphatic hydroxyl groups is 1. The fourth-order valence-electron chi connectivity index (χ4n) is 1.08. The number of nitrogens with zero attached hydrogens (tertiary/aromatic N) is 1. The van der Waals surface area contributed by atoms with Crippen LogP contribution in [0, 0.1) is 0 Å². The van der Waals surface area contributed by atoms with E-state index in [0.717, 1.165) is 17.1 Å². The highest BCUT2D eigenvalue weighted by molar-refractivity contribution is 7.84. The van der Waals surface area contributed by atoms with Crippen LogP contribution in [0.5, 0.6) is 0 Å². The van der Waals surface area contributed by atoms with Gasteiger partial charge in [0.15, 0.2) is 0 Å². The van der Waals surface area contributed by atoms with E-state index in [1.165, 1.54) is 0 Å². The fraction of sp³-hybridized carbons (Fsp3) is 0.900. The van der Waals surface area contributed by atoms with Crippen molar-refractivity contribution in [2.45, 2.75) is 33.1 Å². The zero-order valence-electron chi connectivity index (χ0n) is 10.8. The Kier molecular flexibility index (Phi) is 8.90. The summed E-state index contributed by atoms with van der Waals surface area (Å²) in [6.07, 6.45) is 2.19. The molecule has 7 nitrogen and oxygen atoms in total. The van der Waals surface area contributed by atoms with Crippen LogP contribution in [0.15, 0.2) is 0 Å². The van der Waals surface area contributed by atoms with E-state index in [0.29, 0.717) is 13.0 Å². The van der Waals surface area contributed by atoms with Gasteiger partial charge in [0, 0.05) is 13.2 Å². The van der Waals surface area contributed by atoms with Crippen molar-refractivity contribution in [1.29, 1.82) is 0 Å². The van der Waals surface area contributed by atoms with Crippen LogP contribution in [0.2, 0.25) is 0 Å². The highest BCUT2D eigenvalue weighted by atomic mass is 32.2. The zero-order valence-corrected chi connectivity index (χ0v) is 11.6. The van der Waals surface area contributed by atoms with E-state index >= 15 is 0 Å². The molecule has 0 atom stereocenters. The lowest BCUT2D eigenvalue weighted by Crippen LogP contribution is -2.37. The Balaban J connectivity index is 4.54. The Morgan fingerprint density at radius 2 is 1.94 bits per heavy atom. The molecule has 0 heterocycles. The van der Waals surface area contributed by atoms with Crippen LogP contribution < -0.4 is 0 Å². The van der Waals surface area contributed by atoms with Crippen LogP contribution in [0.1, 0.15) is 33.1 Å². The summed E-state index contributed by atoms with van der Waals surface area (Å²) in [7, 11) is -4.19. The van der Waals surface area contributed by atoms with Gasteiger partial charge in [-0.15, -0.1) is 4.31 Å². The number of carbonyl (C=O) groups is 1. The minimum Gasteiger partial charge on any atom is -0.385 e. The van der Waals surface area contributed by atoms with Crippen LogP contribution in [0.25, 0.3) is 0 Å². The van der Waals surface area contributed by atoms with E-state index < -0.39 is 22.9 Å². The molecule has 0 aromatic carbocycles. The van der Waals surface area contributed by atoms with Crippen LogP contribution in [-0.2, 0) is 24.0 Å². The summed E-state index contributed by atoms with van der Waals surface area (Å²) in [6, 6.07) is 0. The number of hydrogen-bond acceptors (Lipinski definition) is 6. The van der Waals surface area contributed by atoms with Crippen molar-refractivity contribution < 1.29 is 27.2 Å². The standard InChI is InChI=1S/C10H21NO6S/c1-3-5-6-11(9-16-7-4-2)18(14,15)17-10(13)8-12/h12H,3-9H2,1-2H3. The molecule has 8 heteroatoms. The molecule has 0 unspecified atom stereocenters. The van der Waals surface area contributed by atoms with E-state index in [1.807, 2.05) is 13.8 Å². The first-order chi connectivity index (χ1) is 8.47. The van der Waals surface area contributed by atoms with Crippen molar-refractivity contribution in [2.24, 2.45) is 0 Å². The van der Waals surface area contributed by atoms with Crippen molar-refractivity contribution in [2.75, 3.05) is 26.5 Å². The average Bonchev–Trinajstić information content (AvgIpc) is 2.32.